The van der Waals surface area contributed by atoms with Crippen molar-refractivity contribution in [3.05, 3.63) is 42.1 Å². The first kappa shape index (κ1) is 18.5. The number of morpholine rings is 1. The van der Waals surface area contributed by atoms with Gasteiger partial charge in [-0.3, -0.25) is 0 Å². The highest BCUT2D eigenvalue weighted by atomic mass is 16.5. The van der Waals surface area contributed by atoms with Crippen LogP contribution in [0.25, 0.3) is 0 Å². The maximum absolute atomic E-state index is 9.36. The maximum Gasteiger partial charge on any atom is 0.227 e. The van der Waals surface area contributed by atoms with E-state index in [4.69, 9.17) is 9.72 Å². The molecule has 7 heteroatoms. The second-order valence-electron chi connectivity index (χ2n) is 7.27. The van der Waals surface area contributed by atoms with Crippen molar-refractivity contribution in [1.82, 2.24) is 9.97 Å². The van der Waals surface area contributed by atoms with Gasteiger partial charge in [-0.15, -0.1) is 0 Å². The Balaban J connectivity index is 1.41. The van der Waals surface area contributed by atoms with Gasteiger partial charge in [0.15, 0.2) is 0 Å². The van der Waals surface area contributed by atoms with Crippen molar-refractivity contribution >= 4 is 17.5 Å². The van der Waals surface area contributed by atoms with Crippen LogP contribution < -0.4 is 14.7 Å². The molecule has 0 bridgehead atoms. The number of nitrogens with zero attached hydrogens (tertiary/aromatic N) is 6. The van der Waals surface area contributed by atoms with E-state index < -0.39 is 0 Å². The monoisotopic (exact) mass is 378 g/mol. The Hall–Kier alpha value is -2.85. The first-order chi connectivity index (χ1) is 13.8. The summed E-state index contributed by atoms with van der Waals surface area (Å²) in [4.78, 5) is 16.0. The number of anilines is 3. The van der Waals surface area contributed by atoms with Crippen molar-refractivity contribution in [3.63, 3.8) is 0 Å². The number of piperidine rings is 1. The minimum atomic E-state index is 0.429. The van der Waals surface area contributed by atoms with Gasteiger partial charge in [0.25, 0.3) is 0 Å². The Morgan fingerprint density at radius 1 is 1.07 bits per heavy atom. The zero-order chi connectivity index (χ0) is 19.3. The molecular weight excluding hydrogens is 352 g/mol. The fourth-order valence-electron chi connectivity index (χ4n) is 3.98. The highest BCUT2D eigenvalue weighted by Gasteiger charge is 2.25. The molecule has 0 atom stereocenters. The second kappa shape index (κ2) is 8.44. The van der Waals surface area contributed by atoms with E-state index in [-0.39, 0.29) is 0 Å². The van der Waals surface area contributed by atoms with Gasteiger partial charge >= 0.3 is 0 Å². The van der Waals surface area contributed by atoms with Gasteiger partial charge in [0.1, 0.15) is 11.9 Å². The quantitative estimate of drug-likeness (QED) is 0.808. The number of rotatable bonds is 4. The first-order valence-corrected chi connectivity index (χ1v) is 9.89. The molecule has 2 aromatic rings. The number of hydrogen-bond acceptors (Lipinski definition) is 7. The summed E-state index contributed by atoms with van der Waals surface area (Å²) in [7, 11) is 2.12. The topological polar surface area (TPSA) is 68.5 Å². The zero-order valence-electron chi connectivity index (χ0n) is 16.3. The van der Waals surface area contributed by atoms with Crippen molar-refractivity contribution in [2.45, 2.75) is 18.9 Å². The summed E-state index contributed by atoms with van der Waals surface area (Å²) >= 11 is 0. The Morgan fingerprint density at radius 2 is 1.82 bits per heavy atom. The van der Waals surface area contributed by atoms with Gasteiger partial charge in [0.2, 0.25) is 5.95 Å². The van der Waals surface area contributed by atoms with Crippen LogP contribution in [-0.4, -0.2) is 62.5 Å². The molecule has 0 aliphatic carbocycles. The number of hydrogen-bond donors (Lipinski definition) is 0. The van der Waals surface area contributed by atoms with Crippen LogP contribution in [0.2, 0.25) is 0 Å². The molecule has 28 heavy (non-hydrogen) atoms. The molecule has 2 fully saturated rings. The number of aromatic nitrogens is 2. The minimum absolute atomic E-state index is 0.429. The van der Waals surface area contributed by atoms with Crippen LogP contribution in [0.1, 0.15) is 18.4 Å². The predicted octanol–water partition coefficient (Wildman–Crippen LogP) is 2.29. The SMILES string of the molecule is CN(c1ccnc(N2CCOCC2)n1)C1CCN(c2ccccc2C#N)CC1. The summed E-state index contributed by atoms with van der Waals surface area (Å²) in [5.41, 5.74) is 1.79. The van der Waals surface area contributed by atoms with E-state index >= 15 is 0 Å². The Labute approximate surface area is 166 Å². The molecule has 0 N–H and O–H groups in total. The number of nitriles is 1. The number of benzene rings is 1. The molecule has 1 aromatic carbocycles. The lowest BCUT2D eigenvalue weighted by molar-refractivity contribution is 0.122. The molecule has 3 heterocycles. The third kappa shape index (κ3) is 3.87. The third-order valence-electron chi connectivity index (χ3n) is 5.66. The van der Waals surface area contributed by atoms with Crippen LogP contribution >= 0.6 is 0 Å². The summed E-state index contributed by atoms with van der Waals surface area (Å²) in [6.45, 7) is 5.01. The Bertz CT molecular complexity index is 837. The Kier molecular flexibility index (Phi) is 5.58. The lowest BCUT2D eigenvalue weighted by atomic mass is 10.0. The molecule has 0 radical (unpaired) electrons. The molecule has 0 spiro atoms. The molecule has 2 aliphatic heterocycles. The number of ether oxygens (including phenoxy) is 1. The van der Waals surface area contributed by atoms with Gasteiger partial charge < -0.3 is 19.4 Å². The van der Waals surface area contributed by atoms with Gasteiger partial charge in [-0.2, -0.15) is 10.2 Å². The van der Waals surface area contributed by atoms with Gasteiger partial charge in [-0.25, -0.2) is 4.98 Å². The van der Waals surface area contributed by atoms with Gasteiger partial charge in [0.05, 0.1) is 24.5 Å². The smallest absolute Gasteiger partial charge is 0.227 e. The fourth-order valence-corrected chi connectivity index (χ4v) is 3.98. The molecule has 0 saturated carbocycles. The molecule has 1 aromatic heterocycles. The number of para-hydroxylation sites is 1. The third-order valence-corrected chi connectivity index (χ3v) is 5.66. The highest BCUT2D eigenvalue weighted by Crippen LogP contribution is 2.27. The van der Waals surface area contributed by atoms with Gasteiger partial charge in [-0.05, 0) is 31.0 Å². The van der Waals surface area contributed by atoms with Crippen molar-refractivity contribution in [1.29, 1.82) is 5.26 Å². The largest absolute Gasteiger partial charge is 0.378 e. The van der Waals surface area contributed by atoms with E-state index in [9.17, 15) is 5.26 Å². The van der Waals surface area contributed by atoms with Crippen molar-refractivity contribution in [3.8, 4) is 6.07 Å². The molecule has 0 amide bonds. The normalized spacial score (nSPS) is 18.0. The van der Waals surface area contributed by atoms with Gasteiger partial charge in [0, 0.05) is 45.5 Å². The van der Waals surface area contributed by atoms with Crippen molar-refractivity contribution in [2.75, 3.05) is 61.1 Å². The predicted molar refractivity (Wildman–Crippen MR) is 110 cm³/mol. The Morgan fingerprint density at radius 3 is 2.57 bits per heavy atom. The summed E-state index contributed by atoms with van der Waals surface area (Å²) in [5, 5.41) is 9.36. The average molecular weight is 378 g/mol. The summed E-state index contributed by atoms with van der Waals surface area (Å²) < 4.78 is 5.42. The summed E-state index contributed by atoms with van der Waals surface area (Å²) in [6, 6.07) is 12.6. The van der Waals surface area contributed by atoms with Crippen LogP contribution in [0.3, 0.4) is 0 Å². The zero-order valence-corrected chi connectivity index (χ0v) is 16.3. The summed E-state index contributed by atoms with van der Waals surface area (Å²) in [5.74, 6) is 1.75. The molecule has 7 nitrogen and oxygen atoms in total. The standard InChI is InChI=1S/C21H26N6O/c1-25(20-6-9-23-21(24-20)27-12-14-28-15-13-27)18-7-10-26(11-8-18)19-5-3-2-4-17(19)16-22/h2-6,9,18H,7-8,10-15H2,1H3. The van der Waals surface area contributed by atoms with Crippen LogP contribution in [0, 0.1) is 11.3 Å². The van der Waals surface area contributed by atoms with E-state index in [1.807, 2.05) is 36.5 Å². The molecule has 146 valence electrons. The van der Waals surface area contributed by atoms with E-state index in [2.05, 4.69) is 32.8 Å². The highest BCUT2D eigenvalue weighted by molar-refractivity contribution is 5.59. The van der Waals surface area contributed by atoms with Gasteiger partial charge in [-0.1, -0.05) is 12.1 Å². The van der Waals surface area contributed by atoms with Crippen LogP contribution in [-0.2, 0) is 4.74 Å². The van der Waals surface area contributed by atoms with E-state index in [0.717, 1.165) is 75.3 Å². The van der Waals surface area contributed by atoms with Crippen molar-refractivity contribution in [2.24, 2.45) is 0 Å². The van der Waals surface area contributed by atoms with Crippen LogP contribution in [0.15, 0.2) is 36.5 Å². The molecular formula is C21H26N6O. The lowest BCUT2D eigenvalue weighted by Crippen LogP contribution is -2.44. The first-order valence-electron chi connectivity index (χ1n) is 9.89. The van der Waals surface area contributed by atoms with E-state index in [1.54, 1.807) is 0 Å². The van der Waals surface area contributed by atoms with E-state index in [1.165, 1.54) is 0 Å². The summed E-state index contributed by atoms with van der Waals surface area (Å²) in [6.07, 6.45) is 3.92. The van der Waals surface area contributed by atoms with E-state index in [0.29, 0.717) is 6.04 Å². The van der Waals surface area contributed by atoms with Crippen LogP contribution in [0.5, 0.6) is 0 Å². The molecule has 4 rings (SSSR count). The van der Waals surface area contributed by atoms with Crippen LogP contribution in [0.4, 0.5) is 17.5 Å². The lowest BCUT2D eigenvalue weighted by Gasteiger charge is -2.38. The minimum Gasteiger partial charge on any atom is -0.378 e. The molecule has 0 unspecified atom stereocenters. The molecule has 2 aliphatic rings. The molecule has 2 saturated heterocycles. The maximum atomic E-state index is 9.36. The van der Waals surface area contributed by atoms with Crippen molar-refractivity contribution < 1.29 is 4.74 Å². The fraction of sp³-hybridized carbons (Fsp3) is 0.476. The average Bonchev–Trinajstić information content (AvgIpc) is 2.79. The second-order valence-corrected chi connectivity index (χ2v) is 7.27.